The molecule has 0 aromatic heterocycles. The van der Waals surface area contributed by atoms with E-state index in [1.807, 2.05) is 0 Å². The summed E-state index contributed by atoms with van der Waals surface area (Å²) >= 11 is 0. The average molecular weight is 604 g/mol. The van der Waals surface area contributed by atoms with Crippen LogP contribution in [0.3, 0.4) is 0 Å². The van der Waals surface area contributed by atoms with Crippen LogP contribution in [0, 0.1) is 5.41 Å². The zero-order valence-corrected chi connectivity index (χ0v) is 33.6. The van der Waals surface area contributed by atoms with Crippen molar-refractivity contribution in [1.82, 2.24) is 0 Å². The fourth-order valence-electron chi connectivity index (χ4n) is 10.2. The summed E-state index contributed by atoms with van der Waals surface area (Å²) in [6.07, 6.45) is 2.58. The summed E-state index contributed by atoms with van der Waals surface area (Å²) in [5.74, 6) is 0. The molecular formula is C27H65NO2Si6. The van der Waals surface area contributed by atoms with E-state index in [-0.39, 0.29) is 16.6 Å². The van der Waals surface area contributed by atoms with E-state index in [9.17, 15) is 0 Å². The van der Waals surface area contributed by atoms with Gasteiger partial charge >= 0.3 is 0 Å². The topological polar surface area (TPSA) is 44.5 Å². The summed E-state index contributed by atoms with van der Waals surface area (Å²) in [6, 6.07) is 2.63. The molecule has 0 aromatic rings. The molecule has 2 aliphatic rings. The Hall–Kier alpha value is 1.18. The maximum Gasteiger partial charge on any atom is 0.172 e. The van der Waals surface area contributed by atoms with Crippen LogP contribution in [0.4, 0.5) is 0 Å². The Kier molecular flexibility index (Phi) is 8.93. The van der Waals surface area contributed by atoms with E-state index >= 15 is 0 Å². The first-order valence-corrected chi connectivity index (χ1v) is 36.3. The molecule has 2 aliphatic heterocycles. The van der Waals surface area contributed by atoms with Crippen molar-refractivity contribution >= 4 is 45.1 Å². The molecule has 214 valence electrons. The minimum Gasteiger partial charge on any atom is -0.416 e. The third-order valence-corrected chi connectivity index (χ3v) is 95.2. The summed E-state index contributed by atoms with van der Waals surface area (Å²) in [5, 5.41) is 0. The van der Waals surface area contributed by atoms with Gasteiger partial charge in [-0.25, -0.2) is 0 Å². The Morgan fingerprint density at radius 1 is 0.667 bits per heavy atom. The summed E-state index contributed by atoms with van der Waals surface area (Å²) in [7, 11) is -10.1. The predicted octanol–water partition coefficient (Wildman–Crippen LogP) is 8.43. The van der Waals surface area contributed by atoms with E-state index < -0.39 is 45.1 Å². The third kappa shape index (κ3) is 4.84. The molecule has 0 radical (unpaired) electrons. The second-order valence-electron chi connectivity index (χ2n) is 16.8. The lowest BCUT2D eigenvalue weighted by Gasteiger charge is -2.68. The van der Waals surface area contributed by atoms with E-state index in [1.54, 1.807) is 0 Å². The molecule has 0 bridgehead atoms. The highest BCUT2D eigenvalue weighted by Gasteiger charge is 2.71. The van der Waals surface area contributed by atoms with Crippen LogP contribution < -0.4 is 5.73 Å². The highest BCUT2D eigenvalue weighted by Crippen LogP contribution is 2.63. The largest absolute Gasteiger partial charge is 0.416 e. The van der Waals surface area contributed by atoms with Crippen molar-refractivity contribution in [2.24, 2.45) is 11.1 Å². The van der Waals surface area contributed by atoms with Crippen LogP contribution in [-0.2, 0) is 8.85 Å². The van der Waals surface area contributed by atoms with Gasteiger partial charge in [0.15, 0.2) is 15.7 Å². The molecule has 0 saturated carbocycles. The van der Waals surface area contributed by atoms with Crippen LogP contribution in [0.2, 0.25) is 88.6 Å². The minimum absolute atomic E-state index is 0.00871. The van der Waals surface area contributed by atoms with Crippen molar-refractivity contribution < 1.29 is 8.85 Å². The second-order valence-corrected chi connectivity index (χ2v) is 69.6. The third-order valence-electron chi connectivity index (χ3n) is 12.9. The Balaban J connectivity index is 2.81. The molecule has 2 rings (SSSR count). The molecule has 0 amide bonds. The number of nitrogens with two attached hydrogens (primary N) is 1. The van der Waals surface area contributed by atoms with Gasteiger partial charge in [0, 0.05) is 11.2 Å². The molecule has 4 atom stereocenters. The maximum atomic E-state index is 7.07. The standard InChI is InChI=1S/C27H65NO2Si6/c1-18-23(35(16)21-25(3,4)29-31(8,9)33(35,12)13)27(7,20-28)24(19-2)36(17)22-26(5,6)30-32(10,11)34(36,14)15/h23-24H,18-22,28H2,1-17H3. The van der Waals surface area contributed by atoms with E-state index in [2.05, 4.69) is 114 Å². The quantitative estimate of drug-likeness (QED) is 0.297. The van der Waals surface area contributed by atoms with Gasteiger partial charge in [-0.05, 0) is 89.0 Å². The Morgan fingerprint density at radius 2 is 0.944 bits per heavy atom. The van der Waals surface area contributed by atoms with Crippen LogP contribution in [0.5, 0.6) is 0 Å². The normalized spacial score (nSPS) is 37.5. The fourth-order valence-corrected chi connectivity index (χ4v) is 84.5. The van der Waals surface area contributed by atoms with Crippen LogP contribution in [0.25, 0.3) is 0 Å². The number of hydrogen-bond acceptors (Lipinski definition) is 3. The zero-order valence-electron chi connectivity index (χ0n) is 27.6. The molecule has 4 unspecified atom stereocenters. The first-order chi connectivity index (χ1) is 15.8. The molecule has 2 fully saturated rings. The van der Waals surface area contributed by atoms with Gasteiger partial charge in [-0.2, -0.15) is 0 Å². The van der Waals surface area contributed by atoms with Crippen molar-refractivity contribution in [1.29, 1.82) is 0 Å². The van der Waals surface area contributed by atoms with Gasteiger partial charge in [-0.3, -0.25) is 0 Å². The van der Waals surface area contributed by atoms with E-state index in [4.69, 9.17) is 14.6 Å². The van der Waals surface area contributed by atoms with Crippen molar-refractivity contribution in [2.45, 2.75) is 161 Å². The Bertz CT molecular complexity index is 765. The minimum atomic E-state index is -1.77. The Labute approximate surface area is 231 Å². The van der Waals surface area contributed by atoms with Crippen LogP contribution in [0.1, 0.15) is 61.3 Å². The highest BCUT2D eigenvalue weighted by atomic mass is 29.7. The lowest BCUT2D eigenvalue weighted by atomic mass is 9.80. The molecule has 9 heteroatoms. The Morgan fingerprint density at radius 3 is 1.17 bits per heavy atom. The van der Waals surface area contributed by atoms with Crippen molar-refractivity contribution in [2.75, 3.05) is 6.54 Å². The molecular weight excluding hydrogens is 539 g/mol. The van der Waals surface area contributed by atoms with Gasteiger partial charge in [0.1, 0.15) is 0 Å². The molecule has 2 N–H and O–H groups in total. The zero-order chi connectivity index (χ0) is 28.6. The van der Waals surface area contributed by atoms with Crippen LogP contribution in [-0.4, -0.2) is 62.8 Å². The maximum absolute atomic E-state index is 7.07. The van der Waals surface area contributed by atoms with E-state index in [0.717, 1.165) is 17.6 Å². The summed E-state index contributed by atoms with van der Waals surface area (Å²) in [4.78, 5) is 0. The van der Waals surface area contributed by atoms with Gasteiger partial charge in [0.2, 0.25) is 0 Å². The molecule has 2 heterocycles. The molecule has 0 aromatic carbocycles. The second kappa shape index (κ2) is 9.63. The number of rotatable bonds is 7. The summed E-state index contributed by atoms with van der Waals surface area (Å²) < 4.78 is 14.1. The predicted molar refractivity (Wildman–Crippen MR) is 178 cm³/mol. The van der Waals surface area contributed by atoms with Gasteiger partial charge < -0.3 is 14.6 Å². The van der Waals surface area contributed by atoms with Gasteiger partial charge in [-0.1, -0.05) is 72.9 Å². The van der Waals surface area contributed by atoms with Crippen molar-refractivity contribution in [3.63, 3.8) is 0 Å². The highest BCUT2D eigenvalue weighted by molar-refractivity contribution is 7.69. The molecule has 3 nitrogen and oxygen atoms in total. The van der Waals surface area contributed by atoms with Crippen LogP contribution in [0.15, 0.2) is 0 Å². The van der Waals surface area contributed by atoms with E-state index in [0.29, 0.717) is 0 Å². The smallest absolute Gasteiger partial charge is 0.172 e. The van der Waals surface area contributed by atoms with Crippen molar-refractivity contribution in [3.05, 3.63) is 0 Å². The average Bonchev–Trinajstić information content (AvgIpc) is 2.63. The summed E-state index contributed by atoms with van der Waals surface area (Å²) in [6.45, 7) is 45.1. The fraction of sp³-hybridized carbons (Fsp3) is 1.00. The monoisotopic (exact) mass is 603 g/mol. The summed E-state index contributed by atoms with van der Waals surface area (Å²) in [5.41, 5.74) is 8.83. The van der Waals surface area contributed by atoms with Gasteiger partial charge in [0.05, 0.1) is 29.4 Å². The number of hydrogen-bond donors (Lipinski definition) is 1. The van der Waals surface area contributed by atoms with Gasteiger partial charge in [0.25, 0.3) is 0 Å². The van der Waals surface area contributed by atoms with Gasteiger partial charge in [-0.15, -0.1) is 0 Å². The molecule has 0 aliphatic carbocycles. The first-order valence-electron chi connectivity index (χ1n) is 14.9. The van der Waals surface area contributed by atoms with Crippen molar-refractivity contribution in [3.8, 4) is 0 Å². The van der Waals surface area contributed by atoms with E-state index in [1.165, 1.54) is 24.9 Å². The lowest BCUT2D eigenvalue weighted by molar-refractivity contribution is 0.118. The molecule has 0 spiro atoms. The first kappa shape index (κ1) is 33.4. The molecule has 2 saturated heterocycles. The SMILES string of the molecule is CCC(C(C)(CN)C(CC)[Si]1(C)CC(C)(C)O[Si](C)(C)[Si]1(C)C)[Si]1(C)CC(C)(C)O[Si](C)(C)[Si]1(C)C. The molecule has 36 heavy (non-hydrogen) atoms. The van der Waals surface area contributed by atoms with Crippen LogP contribution >= 0.6 is 0 Å². The lowest BCUT2D eigenvalue weighted by Crippen LogP contribution is -2.83.